The molecule has 96 valence electrons. The maximum atomic E-state index is 11.8. The van der Waals surface area contributed by atoms with E-state index >= 15 is 0 Å². The monoisotopic (exact) mass is 247 g/mol. The lowest BCUT2D eigenvalue weighted by Gasteiger charge is -2.05. The lowest BCUT2D eigenvalue weighted by atomic mass is 10.2. The minimum absolute atomic E-state index is 0.328. The average Bonchev–Trinajstić information content (AvgIpc) is 2.69. The summed E-state index contributed by atoms with van der Waals surface area (Å²) in [5, 5.41) is 0. The van der Waals surface area contributed by atoms with Crippen molar-refractivity contribution in [3.63, 3.8) is 0 Å². The van der Waals surface area contributed by atoms with Crippen molar-refractivity contribution in [2.75, 3.05) is 20.7 Å². The fraction of sp³-hybridized carbons (Fsp3) is 0.385. The molecular formula is C13H17N3O2. The molecule has 0 aliphatic carbocycles. The third kappa shape index (κ3) is 2.51. The number of imidazole rings is 1. The second kappa shape index (κ2) is 5.18. The van der Waals surface area contributed by atoms with E-state index in [1.807, 2.05) is 31.1 Å². The SMILES string of the molecule is CCOC(=O)c1cccc2[nH]c(CN(C)C)nc12. The predicted octanol–water partition coefficient (Wildman–Crippen LogP) is 1.80. The van der Waals surface area contributed by atoms with E-state index in [-0.39, 0.29) is 5.97 Å². The van der Waals surface area contributed by atoms with Crippen LogP contribution < -0.4 is 0 Å². The normalized spacial score (nSPS) is 11.1. The number of fused-ring (bicyclic) bond motifs is 1. The minimum atomic E-state index is -0.328. The Morgan fingerprint density at radius 1 is 1.44 bits per heavy atom. The zero-order valence-corrected chi connectivity index (χ0v) is 10.9. The van der Waals surface area contributed by atoms with E-state index in [1.54, 1.807) is 13.0 Å². The molecule has 0 radical (unpaired) electrons. The number of aromatic amines is 1. The summed E-state index contributed by atoms with van der Waals surface area (Å²) in [7, 11) is 3.94. The lowest BCUT2D eigenvalue weighted by molar-refractivity contribution is 0.0528. The number of carbonyl (C=O) groups excluding carboxylic acids is 1. The van der Waals surface area contributed by atoms with Crippen LogP contribution in [0.3, 0.4) is 0 Å². The van der Waals surface area contributed by atoms with Crippen LogP contribution >= 0.6 is 0 Å². The van der Waals surface area contributed by atoms with E-state index in [9.17, 15) is 4.79 Å². The van der Waals surface area contributed by atoms with Crippen LogP contribution in [0, 0.1) is 0 Å². The molecule has 0 aliphatic rings. The number of benzene rings is 1. The van der Waals surface area contributed by atoms with Crippen LogP contribution in [0.15, 0.2) is 18.2 Å². The summed E-state index contributed by atoms with van der Waals surface area (Å²) < 4.78 is 5.02. The van der Waals surface area contributed by atoms with Gasteiger partial charge >= 0.3 is 5.97 Å². The molecule has 1 aromatic carbocycles. The molecule has 0 unspecified atom stereocenters. The average molecular weight is 247 g/mol. The minimum Gasteiger partial charge on any atom is -0.462 e. The van der Waals surface area contributed by atoms with E-state index in [1.165, 1.54) is 0 Å². The van der Waals surface area contributed by atoms with Gasteiger partial charge in [0.2, 0.25) is 0 Å². The van der Waals surface area contributed by atoms with E-state index < -0.39 is 0 Å². The van der Waals surface area contributed by atoms with Gasteiger partial charge in [0.05, 0.1) is 24.2 Å². The molecule has 0 amide bonds. The molecule has 1 heterocycles. The van der Waals surface area contributed by atoms with Gasteiger partial charge in [0.25, 0.3) is 0 Å². The van der Waals surface area contributed by atoms with Crippen molar-refractivity contribution in [3.05, 3.63) is 29.6 Å². The number of nitrogens with one attached hydrogen (secondary N) is 1. The molecule has 0 spiro atoms. The van der Waals surface area contributed by atoms with Gasteiger partial charge in [-0.1, -0.05) is 6.07 Å². The van der Waals surface area contributed by atoms with Gasteiger partial charge in [-0.2, -0.15) is 0 Å². The maximum Gasteiger partial charge on any atom is 0.340 e. The van der Waals surface area contributed by atoms with Crippen molar-refractivity contribution < 1.29 is 9.53 Å². The topological polar surface area (TPSA) is 58.2 Å². The summed E-state index contributed by atoms with van der Waals surface area (Å²) >= 11 is 0. The molecule has 0 bridgehead atoms. The molecule has 0 saturated heterocycles. The van der Waals surface area contributed by atoms with Gasteiger partial charge in [-0.3, -0.25) is 0 Å². The summed E-state index contributed by atoms with van der Waals surface area (Å²) in [6.07, 6.45) is 0. The molecule has 0 fully saturated rings. The zero-order valence-electron chi connectivity index (χ0n) is 10.9. The Labute approximate surface area is 106 Å². The van der Waals surface area contributed by atoms with Gasteiger partial charge in [-0.15, -0.1) is 0 Å². The zero-order chi connectivity index (χ0) is 13.1. The predicted molar refractivity (Wildman–Crippen MR) is 69.4 cm³/mol. The van der Waals surface area contributed by atoms with E-state index in [2.05, 4.69) is 9.97 Å². The van der Waals surface area contributed by atoms with E-state index in [0.29, 0.717) is 24.2 Å². The highest BCUT2D eigenvalue weighted by molar-refractivity contribution is 6.01. The number of H-pyrrole nitrogens is 1. The summed E-state index contributed by atoms with van der Waals surface area (Å²) in [4.78, 5) is 21.5. The Balaban J connectivity index is 2.42. The summed E-state index contributed by atoms with van der Waals surface area (Å²) in [5.41, 5.74) is 2.04. The van der Waals surface area contributed by atoms with Crippen molar-refractivity contribution in [1.82, 2.24) is 14.9 Å². The van der Waals surface area contributed by atoms with Crippen LogP contribution in [-0.2, 0) is 11.3 Å². The van der Waals surface area contributed by atoms with Crippen LogP contribution in [0.2, 0.25) is 0 Å². The van der Waals surface area contributed by atoms with Gasteiger partial charge in [-0.25, -0.2) is 9.78 Å². The van der Waals surface area contributed by atoms with Gasteiger partial charge in [0, 0.05) is 0 Å². The Morgan fingerprint density at radius 3 is 2.89 bits per heavy atom. The second-order valence-corrected chi connectivity index (χ2v) is 4.34. The Kier molecular flexibility index (Phi) is 3.62. The third-order valence-electron chi connectivity index (χ3n) is 2.52. The van der Waals surface area contributed by atoms with Crippen molar-refractivity contribution in [2.24, 2.45) is 0 Å². The number of nitrogens with zero attached hydrogens (tertiary/aromatic N) is 2. The van der Waals surface area contributed by atoms with Gasteiger partial charge < -0.3 is 14.6 Å². The van der Waals surface area contributed by atoms with Gasteiger partial charge in [-0.05, 0) is 33.2 Å². The van der Waals surface area contributed by atoms with Crippen LogP contribution in [0.25, 0.3) is 11.0 Å². The molecular weight excluding hydrogens is 230 g/mol. The standard InChI is InChI=1S/C13H17N3O2/c1-4-18-13(17)9-6-5-7-10-12(9)15-11(14-10)8-16(2)3/h5-7H,4,8H2,1-3H3,(H,14,15). The first-order valence-corrected chi connectivity index (χ1v) is 5.91. The molecule has 0 aliphatic heterocycles. The van der Waals surface area contributed by atoms with Gasteiger partial charge in [0.15, 0.2) is 0 Å². The largest absolute Gasteiger partial charge is 0.462 e. The second-order valence-electron chi connectivity index (χ2n) is 4.34. The van der Waals surface area contributed by atoms with E-state index in [0.717, 1.165) is 11.3 Å². The van der Waals surface area contributed by atoms with Crippen molar-refractivity contribution in [1.29, 1.82) is 0 Å². The third-order valence-corrected chi connectivity index (χ3v) is 2.52. The Bertz CT molecular complexity index is 560. The highest BCUT2D eigenvalue weighted by Crippen LogP contribution is 2.18. The number of hydrogen-bond donors (Lipinski definition) is 1. The number of hydrogen-bond acceptors (Lipinski definition) is 4. The van der Waals surface area contributed by atoms with Gasteiger partial charge in [0.1, 0.15) is 11.3 Å². The summed E-state index contributed by atoms with van der Waals surface area (Å²) in [6.45, 7) is 2.86. The molecule has 5 heteroatoms. The fourth-order valence-corrected chi connectivity index (χ4v) is 1.83. The van der Waals surface area contributed by atoms with E-state index in [4.69, 9.17) is 4.74 Å². The molecule has 0 saturated carbocycles. The fourth-order valence-electron chi connectivity index (χ4n) is 1.83. The van der Waals surface area contributed by atoms with Crippen LogP contribution in [0.1, 0.15) is 23.1 Å². The number of aromatic nitrogens is 2. The number of para-hydroxylation sites is 1. The number of ether oxygens (including phenoxy) is 1. The lowest BCUT2D eigenvalue weighted by Crippen LogP contribution is -2.11. The Hall–Kier alpha value is -1.88. The first-order chi connectivity index (χ1) is 8.61. The number of esters is 1. The first-order valence-electron chi connectivity index (χ1n) is 5.91. The quantitative estimate of drug-likeness (QED) is 0.837. The molecule has 0 atom stereocenters. The molecule has 2 rings (SSSR count). The number of rotatable bonds is 4. The highest BCUT2D eigenvalue weighted by atomic mass is 16.5. The summed E-state index contributed by atoms with van der Waals surface area (Å²) in [6, 6.07) is 5.47. The molecule has 1 aromatic heterocycles. The van der Waals surface area contributed by atoms with Crippen LogP contribution in [0.5, 0.6) is 0 Å². The summed E-state index contributed by atoms with van der Waals surface area (Å²) in [5.74, 6) is 0.512. The van der Waals surface area contributed by atoms with Crippen molar-refractivity contribution in [2.45, 2.75) is 13.5 Å². The van der Waals surface area contributed by atoms with Crippen LogP contribution in [-0.4, -0.2) is 41.5 Å². The molecule has 2 aromatic rings. The van der Waals surface area contributed by atoms with Crippen molar-refractivity contribution >= 4 is 17.0 Å². The smallest absolute Gasteiger partial charge is 0.340 e. The molecule has 5 nitrogen and oxygen atoms in total. The molecule has 1 N–H and O–H groups in total. The molecule has 18 heavy (non-hydrogen) atoms. The first kappa shape index (κ1) is 12.6. The maximum absolute atomic E-state index is 11.8. The van der Waals surface area contributed by atoms with Crippen molar-refractivity contribution in [3.8, 4) is 0 Å². The Morgan fingerprint density at radius 2 is 2.22 bits per heavy atom. The highest BCUT2D eigenvalue weighted by Gasteiger charge is 2.14. The number of carbonyl (C=O) groups is 1. The van der Waals surface area contributed by atoms with Crippen LogP contribution in [0.4, 0.5) is 0 Å².